The Bertz CT molecular complexity index is 374. The quantitative estimate of drug-likeness (QED) is 0.681. The van der Waals surface area contributed by atoms with E-state index in [1.165, 1.54) is 12.1 Å². The average Bonchev–Trinajstić information content (AvgIpc) is 2.24. The lowest BCUT2D eigenvalue weighted by atomic mass is 10.1. The minimum Gasteiger partial charge on any atom is -0.507 e. The maximum atomic E-state index is 13.3. The van der Waals surface area contributed by atoms with Gasteiger partial charge in [-0.2, -0.15) is 0 Å². The summed E-state index contributed by atoms with van der Waals surface area (Å²) in [7, 11) is 0. The molecule has 4 nitrogen and oxygen atoms in total. The van der Waals surface area contributed by atoms with Gasteiger partial charge in [0.25, 0.3) is 5.91 Å². The Morgan fingerprint density at radius 3 is 2.88 bits per heavy atom. The van der Waals surface area contributed by atoms with E-state index in [4.69, 9.17) is 5.73 Å². The second-order valence-corrected chi connectivity index (χ2v) is 4.01. The molecule has 1 rings (SSSR count). The Hall–Kier alpha value is -1.62. The summed E-state index contributed by atoms with van der Waals surface area (Å²) in [4.78, 5) is 11.6. The van der Waals surface area contributed by atoms with Gasteiger partial charge < -0.3 is 16.2 Å². The van der Waals surface area contributed by atoms with Gasteiger partial charge in [-0.1, -0.05) is 6.07 Å². The summed E-state index contributed by atoms with van der Waals surface area (Å²) < 4.78 is 13.3. The first kappa shape index (κ1) is 13.4. The van der Waals surface area contributed by atoms with Crippen LogP contribution in [0.1, 0.15) is 30.1 Å². The van der Waals surface area contributed by atoms with E-state index in [-0.39, 0.29) is 17.4 Å². The van der Waals surface area contributed by atoms with Crippen LogP contribution < -0.4 is 11.1 Å². The zero-order chi connectivity index (χ0) is 12.8. The first-order valence-electron chi connectivity index (χ1n) is 5.53. The summed E-state index contributed by atoms with van der Waals surface area (Å²) in [6.07, 6.45) is 1.50. The van der Waals surface area contributed by atoms with Gasteiger partial charge in [0, 0.05) is 12.6 Å². The molecule has 17 heavy (non-hydrogen) atoms. The van der Waals surface area contributed by atoms with Gasteiger partial charge in [0.15, 0.2) is 0 Å². The molecule has 0 saturated heterocycles. The van der Waals surface area contributed by atoms with Crippen molar-refractivity contribution in [2.75, 3.05) is 6.54 Å². The molecule has 0 radical (unpaired) electrons. The lowest BCUT2D eigenvalue weighted by molar-refractivity contribution is 0.0946. The Balaban J connectivity index is 2.53. The number of nitrogens with one attached hydrogen (secondary N) is 1. The van der Waals surface area contributed by atoms with Crippen LogP contribution in [0.2, 0.25) is 0 Å². The Labute approximate surface area is 99.6 Å². The number of carbonyl (C=O) groups excluding carboxylic acids is 1. The third kappa shape index (κ3) is 4.03. The van der Waals surface area contributed by atoms with Crippen molar-refractivity contribution in [2.45, 2.75) is 25.8 Å². The maximum Gasteiger partial charge on any atom is 0.258 e. The Morgan fingerprint density at radius 2 is 2.29 bits per heavy atom. The molecule has 1 unspecified atom stereocenters. The molecular weight excluding hydrogens is 223 g/mol. The molecule has 0 saturated carbocycles. The number of hydrogen-bond acceptors (Lipinski definition) is 3. The van der Waals surface area contributed by atoms with Gasteiger partial charge in [-0.25, -0.2) is 4.39 Å². The molecule has 0 heterocycles. The van der Waals surface area contributed by atoms with Gasteiger partial charge in [-0.15, -0.1) is 0 Å². The minimum atomic E-state index is -0.727. The molecule has 0 aromatic heterocycles. The van der Waals surface area contributed by atoms with Crippen molar-refractivity contribution in [1.82, 2.24) is 5.32 Å². The lowest BCUT2D eigenvalue weighted by Gasteiger charge is -2.08. The second kappa shape index (κ2) is 6.20. The molecular formula is C12H17FN2O2. The summed E-state index contributed by atoms with van der Waals surface area (Å²) in [6, 6.07) is 3.84. The van der Waals surface area contributed by atoms with Gasteiger partial charge in [-0.3, -0.25) is 4.79 Å². The van der Waals surface area contributed by atoms with E-state index in [9.17, 15) is 14.3 Å². The standard InChI is InChI=1S/C12H17FN2O2/c1-8(14)4-3-7-15-12(17)11-9(13)5-2-6-10(11)16/h2,5-6,8,16H,3-4,7,14H2,1H3,(H,15,17). The number of phenols is 1. The first-order valence-corrected chi connectivity index (χ1v) is 5.53. The van der Waals surface area contributed by atoms with Crippen LogP contribution >= 0.6 is 0 Å². The van der Waals surface area contributed by atoms with Crippen molar-refractivity contribution in [1.29, 1.82) is 0 Å². The average molecular weight is 240 g/mol. The zero-order valence-corrected chi connectivity index (χ0v) is 9.74. The number of benzene rings is 1. The molecule has 0 aliphatic rings. The highest BCUT2D eigenvalue weighted by molar-refractivity contribution is 5.97. The highest BCUT2D eigenvalue weighted by atomic mass is 19.1. The number of rotatable bonds is 5. The van der Waals surface area contributed by atoms with Gasteiger partial charge in [0.2, 0.25) is 0 Å². The Morgan fingerprint density at radius 1 is 1.59 bits per heavy atom. The number of hydrogen-bond donors (Lipinski definition) is 3. The zero-order valence-electron chi connectivity index (χ0n) is 9.74. The fraction of sp³-hybridized carbons (Fsp3) is 0.417. The van der Waals surface area contributed by atoms with Crippen molar-refractivity contribution in [3.8, 4) is 5.75 Å². The second-order valence-electron chi connectivity index (χ2n) is 4.01. The SMILES string of the molecule is CC(N)CCCNC(=O)c1c(O)cccc1F. The fourth-order valence-electron chi connectivity index (χ4n) is 1.45. The Kier molecular flexibility index (Phi) is 4.90. The summed E-state index contributed by atoms with van der Waals surface area (Å²) in [5.41, 5.74) is 5.24. The van der Waals surface area contributed by atoms with Crippen molar-refractivity contribution in [3.05, 3.63) is 29.6 Å². The maximum absolute atomic E-state index is 13.3. The minimum absolute atomic E-state index is 0.0776. The molecule has 1 amide bonds. The van der Waals surface area contributed by atoms with Gasteiger partial charge in [-0.05, 0) is 31.9 Å². The van der Waals surface area contributed by atoms with Crippen LogP contribution in [0.4, 0.5) is 4.39 Å². The third-order valence-electron chi connectivity index (χ3n) is 2.34. The lowest BCUT2D eigenvalue weighted by Crippen LogP contribution is -2.27. The van der Waals surface area contributed by atoms with Gasteiger partial charge in [0.05, 0.1) is 0 Å². The smallest absolute Gasteiger partial charge is 0.258 e. The van der Waals surface area contributed by atoms with Crippen LogP contribution in [-0.2, 0) is 0 Å². The third-order valence-corrected chi connectivity index (χ3v) is 2.34. The van der Waals surface area contributed by atoms with Crippen molar-refractivity contribution in [3.63, 3.8) is 0 Å². The molecule has 0 spiro atoms. The number of amides is 1. The molecule has 0 aliphatic carbocycles. The number of carbonyl (C=O) groups is 1. The van der Waals surface area contributed by atoms with Crippen LogP contribution in [0.15, 0.2) is 18.2 Å². The topological polar surface area (TPSA) is 75.3 Å². The summed E-state index contributed by atoms with van der Waals surface area (Å²) >= 11 is 0. The molecule has 1 atom stereocenters. The normalized spacial score (nSPS) is 12.2. The predicted molar refractivity (Wildman–Crippen MR) is 63.3 cm³/mol. The number of aromatic hydroxyl groups is 1. The number of phenolic OH excluding ortho intramolecular Hbond substituents is 1. The highest BCUT2D eigenvalue weighted by Crippen LogP contribution is 2.19. The molecule has 94 valence electrons. The molecule has 4 N–H and O–H groups in total. The van der Waals surface area contributed by atoms with E-state index >= 15 is 0 Å². The van der Waals surface area contributed by atoms with E-state index in [0.717, 1.165) is 18.9 Å². The van der Waals surface area contributed by atoms with E-state index < -0.39 is 11.7 Å². The van der Waals surface area contributed by atoms with Gasteiger partial charge >= 0.3 is 0 Å². The van der Waals surface area contributed by atoms with E-state index in [1.54, 1.807) is 0 Å². The summed E-state index contributed by atoms with van der Waals surface area (Å²) in [6.45, 7) is 2.29. The number of halogens is 1. The molecule has 0 fully saturated rings. The van der Waals surface area contributed by atoms with Crippen molar-refractivity contribution in [2.24, 2.45) is 5.73 Å². The van der Waals surface area contributed by atoms with Crippen molar-refractivity contribution < 1.29 is 14.3 Å². The van der Waals surface area contributed by atoms with Crippen molar-refractivity contribution >= 4 is 5.91 Å². The molecule has 0 bridgehead atoms. The molecule has 1 aromatic rings. The molecule has 0 aliphatic heterocycles. The molecule has 5 heteroatoms. The van der Waals surface area contributed by atoms with Gasteiger partial charge in [0.1, 0.15) is 17.1 Å². The van der Waals surface area contributed by atoms with E-state index in [0.29, 0.717) is 6.54 Å². The van der Waals surface area contributed by atoms with Crippen LogP contribution in [0, 0.1) is 5.82 Å². The monoisotopic (exact) mass is 240 g/mol. The van der Waals surface area contributed by atoms with Crippen LogP contribution in [0.5, 0.6) is 5.75 Å². The highest BCUT2D eigenvalue weighted by Gasteiger charge is 2.15. The molecule has 1 aromatic carbocycles. The van der Waals surface area contributed by atoms with Crippen LogP contribution in [0.3, 0.4) is 0 Å². The van der Waals surface area contributed by atoms with E-state index in [2.05, 4.69) is 5.32 Å². The largest absolute Gasteiger partial charge is 0.507 e. The fourth-order valence-corrected chi connectivity index (χ4v) is 1.45. The number of nitrogens with two attached hydrogens (primary N) is 1. The summed E-state index contributed by atoms with van der Waals surface area (Å²) in [5.74, 6) is -1.69. The van der Waals surface area contributed by atoms with Crippen LogP contribution in [0.25, 0.3) is 0 Å². The summed E-state index contributed by atoms with van der Waals surface area (Å²) in [5, 5.41) is 11.9. The van der Waals surface area contributed by atoms with E-state index in [1.807, 2.05) is 6.92 Å². The predicted octanol–water partition coefficient (Wildman–Crippen LogP) is 1.39. The first-order chi connectivity index (χ1) is 8.02. The van der Waals surface area contributed by atoms with Crippen LogP contribution in [-0.4, -0.2) is 23.6 Å².